The van der Waals surface area contributed by atoms with Crippen molar-refractivity contribution in [3.8, 4) is 5.75 Å². The number of hydrogen-bond acceptors (Lipinski definition) is 3. The van der Waals surface area contributed by atoms with E-state index in [0.29, 0.717) is 18.2 Å². The molecule has 0 atom stereocenters. The van der Waals surface area contributed by atoms with E-state index in [1.807, 2.05) is 25.2 Å². The Hall–Kier alpha value is -1.81. The number of ketones is 1. The van der Waals surface area contributed by atoms with E-state index in [9.17, 15) is 4.79 Å². The highest BCUT2D eigenvalue weighted by Gasteiger charge is 2.19. The quantitative estimate of drug-likeness (QED) is 0.866. The van der Waals surface area contributed by atoms with Gasteiger partial charge in [0.25, 0.3) is 0 Å². The summed E-state index contributed by atoms with van der Waals surface area (Å²) in [5, 5.41) is 0.582. The van der Waals surface area contributed by atoms with Crippen molar-refractivity contribution in [2.75, 3.05) is 0 Å². The van der Waals surface area contributed by atoms with Gasteiger partial charge in [-0.3, -0.25) is 4.79 Å². The molecule has 98 valence electrons. The van der Waals surface area contributed by atoms with Gasteiger partial charge < -0.3 is 9.30 Å². The summed E-state index contributed by atoms with van der Waals surface area (Å²) in [7, 11) is 1.84. The predicted octanol–water partition coefficient (Wildman–Crippen LogP) is 2.78. The molecule has 0 spiro atoms. The minimum absolute atomic E-state index is 0.220. The molecule has 0 N–H and O–H groups in total. The molecule has 0 saturated carbocycles. The second-order valence-corrected chi connectivity index (χ2v) is 4.97. The van der Waals surface area contributed by atoms with Crippen LogP contribution in [-0.4, -0.2) is 15.3 Å². The Morgan fingerprint density at radius 3 is 3.00 bits per heavy atom. The lowest BCUT2D eigenvalue weighted by Gasteiger charge is -2.08. The summed E-state index contributed by atoms with van der Waals surface area (Å²) in [6.45, 7) is 0.357. The van der Waals surface area contributed by atoms with Crippen molar-refractivity contribution in [2.45, 2.75) is 19.4 Å². The molecule has 0 fully saturated rings. The molecule has 1 aromatic carbocycles. The standard InChI is InChI=1S/C14H13ClN2O2/c1-17-13(15)7-16-14(17)8-19-10-3-4-11-9(6-10)2-5-12(11)18/h3-4,6-7H,2,5,8H2,1H3. The number of carbonyl (C=O) groups is 1. The van der Waals surface area contributed by atoms with Crippen molar-refractivity contribution in [3.05, 3.63) is 46.5 Å². The summed E-state index contributed by atoms with van der Waals surface area (Å²) in [5.41, 5.74) is 1.90. The average molecular weight is 277 g/mol. The smallest absolute Gasteiger partial charge is 0.163 e. The molecule has 1 heterocycles. The van der Waals surface area contributed by atoms with Gasteiger partial charge in [-0.15, -0.1) is 0 Å². The lowest BCUT2D eigenvalue weighted by Crippen LogP contribution is -2.04. The molecule has 4 nitrogen and oxygen atoms in total. The van der Waals surface area contributed by atoms with Gasteiger partial charge in [0.1, 0.15) is 23.3 Å². The van der Waals surface area contributed by atoms with Gasteiger partial charge in [-0.1, -0.05) is 11.6 Å². The van der Waals surface area contributed by atoms with Gasteiger partial charge in [-0.25, -0.2) is 4.98 Å². The fraction of sp³-hybridized carbons (Fsp3) is 0.286. The summed E-state index contributed by atoms with van der Waals surface area (Å²) < 4.78 is 7.47. The number of aromatic nitrogens is 2. The number of benzene rings is 1. The van der Waals surface area contributed by atoms with E-state index in [1.54, 1.807) is 10.8 Å². The molecular weight excluding hydrogens is 264 g/mol. The highest BCUT2D eigenvalue weighted by molar-refractivity contribution is 6.29. The lowest BCUT2D eigenvalue weighted by atomic mass is 10.1. The first kappa shape index (κ1) is 12.2. The third-order valence-electron chi connectivity index (χ3n) is 3.39. The number of aryl methyl sites for hydroxylation is 1. The summed E-state index contributed by atoms with van der Waals surface area (Å²) in [4.78, 5) is 15.7. The normalized spacial score (nSPS) is 13.7. The topological polar surface area (TPSA) is 44.1 Å². The number of hydrogen-bond donors (Lipinski definition) is 0. The summed E-state index contributed by atoms with van der Waals surface area (Å²) in [6, 6.07) is 5.60. The van der Waals surface area contributed by atoms with Gasteiger partial charge in [0.15, 0.2) is 5.78 Å². The van der Waals surface area contributed by atoms with Gasteiger partial charge in [0.05, 0.1) is 6.20 Å². The van der Waals surface area contributed by atoms with Crippen molar-refractivity contribution in [1.29, 1.82) is 0 Å². The molecule has 3 rings (SSSR count). The Bertz CT molecular complexity index is 649. The maximum atomic E-state index is 11.5. The zero-order valence-corrected chi connectivity index (χ0v) is 11.3. The first-order valence-electron chi connectivity index (χ1n) is 6.10. The Kier molecular flexibility index (Phi) is 3.03. The Balaban J connectivity index is 1.74. The van der Waals surface area contributed by atoms with Crippen LogP contribution >= 0.6 is 11.6 Å². The minimum atomic E-state index is 0.220. The molecule has 0 amide bonds. The highest BCUT2D eigenvalue weighted by Crippen LogP contribution is 2.26. The zero-order valence-electron chi connectivity index (χ0n) is 10.5. The molecule has 19 heavy (non-hydrogen) atoms. The van der Waals surface area contributed by atoms with Crippen LogP contribution in [0.1, 0.15) is 28.2 Å². The maximum Gasteiger partial charge on any atom is 0.163 e. The number of fused-ring (bicyclic) bond motifs is 1. The monoisotopic (exact) mass is 276 g/mol. The number of ether oxygens (including phenoxy) is 1. The molecule has 0 unspecified atom stereocenters. The summed E-state index contributed by atoms with van der Waals surface area (Å²) >= 11 is 5.91. The Morgan fingerprint density at radius 1 is 1.42 bits per heavy atom. The molecule has 0 aliphatic heterocycles. The molecule has 1 aliphatic carbocycles. The second kappa shape index (κ2) is 4.70. The first-order valence-corrected chi connectivity index (χ1v) is 6.48. The van der Waals surface area contributed by atoms with Crippen LogP contribution in [0.2, 0.25) is 5.15 Å². The van der Waals surface area contributed by atoms with Gasteiger partial charge >= 0.3 is 0 Å². The fourth-order valence-electron chi connectivity index (χ4n) is 2.23. The number of imidazole rings is 1. The third-order valence-corrected chi connectivity index (χ3v) is 3.75. The van der Waals surface area contributed by atoms with Crippen molar-refractivity contribution >= 4 is 17.4 Å². The average Bonchev–Trinajstić information content (AvgIpc) is 2.93. The van der Waals surface area contributed by atoms with E-state index in [2.05, 4.69) is 4.98 Å². The lowest BCUT2D eigenvalue weighted by molar-refractivity contribution is 0.0994. The number of carbonyl (C=O) groups excluding carboxylic acids is 1. The van der Waals surface area contributed by atoms with E-state index in [1.165, 1.54) is 0 Å². The molecule has 5 heteroatoms. The second-order valence-electron chi connectivity index (χ2n) is 4.59. The maximum absolute atomic E-state index is 11.5. The van der Waals surface area contributed by atoms with Gasteiger partial charge in [-0.05, 0) is 30.2 Å². The predicted molar refractivity (Wildman–Crippen MR) is 71.6 cm³/mol. The molecule has 1 aromatic heterocycles. The van der Waals surface area contributed by atoms with Crippen molar-refractivity contribution < 1.29 is 9.53 Å². The van der Waals surface area contributed by atoms with Crippen molar-refractivity contribution in [3.63, 3.8) is 0 Å². The van der Waals surface area contributed by atoms with E-state index in [4.69, 9.17) is 16.3 Å². The van der Waals surface area contributed by atoms with Crippen LogP contribution in [0.4, 0.5) is 0 Å². The van der Waals surface area contributed by atoms with Crippen LogP contribution in [0.15, 0.2) is 24.4 Å². The third kappa shape index (κ3) is 2.24. The van der Waals surface area contributed by atoms with Crippen molar-refractivity contribution in [2.24, 2.45) is 7.05 Å². The molecule has 1 aliphatic rings. The van der Waals surface area contributed by atoms with Gasteiger partial charge in [0, 0.05) is 19.0 Å². The van der Waals surface area contributed by atoms with Gasteiger partial charge in [-0.2, -0.15) is 0 Å². The van der Waals surface area contributed by atoms with Crippen LogP contribution in [0, 0.1) is 0 Å². The van der Waals surface area contributed by atoms with Crippen LogP contribution in [0.3, 0.4) is 0 Å². The van der Waals surface area contributed by atoms with E-state index < -0.39 is 0 Å². The first-order chi connectivity index (χ1) is 9.15. The Morgan fingerprint density at radius 2 is 2.26 bits per heavy atom. The summed E-state index contributed by atoms with van der Waals surface area (Å²) in [6.07, 6.45) is 3.01. The SMILES string of the molecule is Cn1c(Cl)cnc1COc1ccc2c(c1)CCC2=O. The molecule has 0 saturated heterocycles. The number of rotatable bonds is 3. The highest BCUT2D eigenvalue weighted by atomic mass is 35.5. The van der Waals surface area contributed by atoms with E-state index in [-0.39, 0.29) is 5.78 Å². The van der Waals surface area contributed by atoms with Gasteiger partial charge in [0.2, 0.25) is 0 Å². The van der Waals surface area contributed by atoms with Crippen molar-refractivity contribution in [1.82, 2.24) is 9.55 Å². The van der Waals surface area contributed by atoms with Crippen LogP contribution in [0.25, 0.3) is 0 Å². The van der Waals surface area contributed by atoms with E-state index in [0.717, 1.165) is 29.1 Å². The van der Waals surface area contributed by atoms with E-state index >= 15 is 0 Å². The molecule has 0 radical (unpaired) electrons. The number of halogens is 1. The fourth-order valence-corrected chi connectivity index (χ4v) is 2.37. The summed E-state index contributed by atoms with van der Waals surface area (Å²) in [5.74, 6) is 1.74. The Labute approximate surface area is 116 Å². The minimum Gasteiger partial charge on any atom is -0.486 e. The van der Waals surface area contributed by atoms with Crippen LogP contribution in [0.5, 0.6) is 5.75 Å². The zero-order chi connectivity index (χ0) is 13.4. The number of Topliss-reactive ketones (excluding diaryl/α,β-unsaturated/α-hetero) is 1. The largest absolute Gasteiger partial charge is 0.486 e. The van der Waals surface area contributed by atoms with Crippen LogP contribution in [-0.2, 0) is 20.1 Å². The molecule has 0 bridgehead atoms. The molecule has 2 aromatic rings. The van der Waals surface area contributed by atoms with Crippen LogP contribution < -0.4 is 4.74 Å². The number of nitrogens with zero attached hydrogens (tertiary/aromatic N) is 2. The molecular formula is C14H13ClN2O2.